The third-order valence-corrected chi connectivity index (χ3v) is 5.71. The maximum Gasteiger partial charge on any atom is 0.435 e. The fourth-order valence-electron chi connectivity index (χ4n) is 3.55. The summed E-state index contributed by atoms with van der Waals surface area (Å²) in [6, 6.07) is 16.7. The van der Waals surface area contributed by atoms with E-state index in [4.69, 9.17) is 28.0 Å². The molecule has 1 heterocycles. The minimum absolute atomic E-state index is 0.0500. The van der Waals surface area contributed by atoms with Crippen molar-refractivity contribution in [3.63, 3.8) is 0 Å². The first-order chi connectivity index (χ1) is 16.1. The Bertz CT molecular complexity index is 1240. The van der Waals surface area contributed by atoms with Crippen LogP contribution in [0.2, 0.25) is 10.0 Å². The predicted octanol–water partition coefficient (Wildman–Crippen LogP) is 7.53. The Balaban J connectivity index is 1.54. The molecule has 5 nitrogen and oxygen atoms in total. The van der Waals surface area contributed by atoms with Crippen molar-refractivity contribution in [3.8, 4) is 0 Å². The molecule has 0 fully saturated rings. The van der Waals surface area contributed by atoms with Crippen molar-refractivity contribution in [2.75, 3.05) is 10.6 Å². The van der Waals surface area contributed by atoms with Crippen LogP contribution in [0.25, 0.3) is 0 Å². The van der Waals surface area contributed by atoms with E-state index in [2.05, 4.69) is 15.8 Å². The number of nitrogens with zero attached hydrogens (tertiary/aromatic N) is 1. The molecule has 1 aliphatic rings. The molecule has 0 spiro atoms. The lowest BCUT2D eigenvalue weighted by molar-refractivity contribution is -0.275. The van der Waals surface area contributed by atoms with Crippen LogP contribution in [0.5, 0.6) is 0 Å². The van der Waals surface area contributed by atoms with Gasteiger partial charge in [0.05, 0.1) is 5.71 Å². The van der Waals surface area contributed by atoms with E-state index < -0.39 is 24.2 Å². The smallest absolute Gasteiger partial charge is 0.374 e. The van der Waals surface area contributed by atoms with Crippen LogP contribution >= 0.6 is 23.2 Å². The van der Waals surface area contributed by atoms with Crippen molar-refractivity contribution in [2.45, 2.75) is 25.1 Å². The Hall–Kier alpha value is -3.23. The molecule has 0 radical (unpaired) electrons. The van der Waals surface area contributed by atoms with Crippen LogP contribution in [0.4, 0.5) is 29.3 Å². The van der Waals surface area contributed by atoms with Crippen LogP contribution in [-0.2, 0) is 10.4 Å². The van der Waals surface area contributed by atoms with E-state index in [-0.39, 0.29) is 21.3 Å². The van der Waals surface area contributed by atoms with Crippen LogP contribution in [0.3, 0.4) is 0 Å². The molecular weight excluding hydrogens is 490 g/mol. The van der Waals surface area contributed by atoms with Gasteiger partial charge in [0.2, 0.25) is 0 Å². The van der Waals surface area contributed by atoms with E-state index in [0.717, 1.165) is 17.7 Å². The minimum Gasteiger partial charge on any atom is -0.374 e. The summed E-state index contributed by atoms with van der Waals surface area (Å²) in [6.07, 6.45) is -5.39. The van der Waals surface area contributed by atoms with Gasteiger partial charge < -0.3 is 15.5 Å². The number of oxime groups is 1. The van der Waals surface area contributed by atoms with E-state index >= 15 is 0 Å². The maximum absolute atomic E-state index is 14.2. The summed E-state index contributed by atoms with van der Waals surface area (Å²) in [6.45, 7) is 1.93. The monoisotopic (exact) mass is 507 g/mol. The molecule has 1 aliphatic heterocycles. The first kappa shape index (κ1) is 23.9. The summed E-state index contributed by atoms with van der Waals surface area (Å²) in [5.41, 5.74) is -0.522. The Morgan fingerprint density at radius 3 is 2.26 bits per heavy atom. The first-order valence-electron chi connectivity index (χ1n) is 10.1. The van der Waals surface area contributed by atoms with Crippen LogP contribution in [0.15, 0.2) is 71.9 Å². The Morgan fingerprint density at radius 1 is 0.971 bits per heavy atom. The molecule has 0 saturated carbocycles. The normalized spacial score (nSPS) is 17.6. The molecular formula is C24H18Cl2F3N3O2. The lowest BCUT2D eigenvalue weighted by Crippen LogP contribution is -2.42. The van der Waals surface area contributed by atoms with Gasteiger partial charge in [0.15, 0.2) is 0 Å². The molecule has 176 valence electrons. The highest BCUT2D eigenvalue weighted by atomic mass is 35.5. The summed E-state index contributed by atoms with van der Waals surface area (Å²) in [5, 5.41) is 9.20. The number of anilines is 2. The molecule has 2 N–H and O–H groups in total. The van der Waals surface area contributed by atoms with Crippen molar-refractivity contribution >= 4 is 46.3 Å². The first-order valence-corrected chi connectivity index (χ1v) is 10.8. The highest BCUT2D eigenvalue weighted by molar-refractivity contribution is 6.34. The molecule has 3 aromatic carbocycles. The van der Waals surface area contributed by atoms with E-state index in [1.54, 1.807) is 30.3 Å². The number of urea groups is 1. The molecule has 0 saturated heterocycles. The standard InChI is InChI=1S/C24H18Cl2F3N3O2/c1-14-5-7-19(8-6-14)30-22(33)31-20-4-2-3-15(9-20)21-13-23(34-32-21,24(27,28)29)16-10-17(25)12-18(26)11-16/h2-12H,13H2,1H3,(H2,30,31,33). The van der Waals surface area contributed by atoms with Crippen molar-refractivity contribution < 1.29 is 22.8 Å². The van der Waals surface area contributed by atoms with Gasteiger partial charge in [-0.05, 0) is 49.4 Å². The molecule has 0 bridgehead atoms. The number of carbonyl (C=O) groups is 1. The molecule has 1 atom stereocenters. The Morgan fingerprint density at radius 2 is 1.62 bits per heavy atom. The van der Waals surface area contributed by atoms with Crippen LogP contribution < -0.4 is 10.6 Å². The van der Waals surface area contributed by atoms with Crippen molar-refractivity contribution in [2.24, 2.45) is 5.16 Å². The van der Waals surface area contributed by atoms with Crippen molar-refractivity contribution in [3.05, 3.63) is 93.5 Å². The molecule has 3 aromatic rings. The number of rotatable bonds is 4. The van der Waals surface area contributed by atoms with E-state index in [1.807, 2.05) is 19.1 Å². The number of carbonyl (C=O) groups excluding carboxylic acids is 1. The number of hydrogen-bond donors (Lipinski definition) is 2. The molecule has 1 unspecified atom stereocenters. The number of amides is 2. The topological polar surface area (TPSA) is 62.7 Å². The Kier molecular flexibility index (Phi) is 6.47. The zero-order valence-corrected chi connectivity index (χ0v) is 19.2. The highest BCUT2D eigenvalue weighted by Crippen LogP contribution is 2.49. The quantitative estimate of drug-likeness (QED) is 0.383. The van der Waals surface area contributed by atoms with Crippen LogP contribution in [-0.4, -0.2) is 17.9 Å². The lowest BCUT2D eigenvalue weighted by atomic mass is 9.86. The van der Waals surface area contributed by atoms with Gasteiger partial charge >= 0.3 is 12.2 Å². The van der Waals surface area contributed by atoms with Gasteiger partial charge in [-0.3, -0.25) is 0 Å². The second kappa shape index (κ2) is 9.19. The van der Waals surface area contributed by atoms with E-state index in [0.29, 0.717) is 16.9 Å². The molecule has 10 heteroatoms. The maximum atomic E-state index is 14.2. The number of benzene rings is 3. The molecule has 0 aromatic heterocycles. The number of halogens is 5. The second-order valence-corrected chi connectivity index (χ2v) is 8.69. The van der Waals surface area contributed by atoms with Gasteiger partial charge in [-0.15, -0.1) is 0 Å². The summed E-state index contributed by atoms with van der Waals surface area (Å²) in [5.74, 6) is 0. The fourth-order valence-corrected chi connectivity index (χ4v) is 4.08. The van der Waals surface area contributed by atoms with Gasteiger partial charge in [-0.1, -0.05) is 58.2 Å². The van der Waals surface area contributed by atoms with Gasteiger partial charge in [0.25, 0.3) is 5.60 Å². The van der Waals surface area contributed by atoms with Gasteiger partial charge in [-0.2, -0.15) is 13.2 Å². The number of aryl methyl sites for hydroxylation is 1. The third kappa shape index (κ3) is 4.98. The summed E-state index contributed by atoms with van der Waals surface area (Å²) in [7, 11) is 0. The zero-order valence-electron chi connectivity index (χ0n) is 17.7. The number of hydrogen-bond acceptors (Lipinski definition) is 3. The Labute approximate surface area is 203 Å². The van der Waals surface area contributed by atoms with Gasteiger partial charge in [0.1, 0.15) is 0 Å². The van der Waals surface area contributed by atoms with E-state index in [9.17, 15) is 18.0 Å². The number of alkyl halides is 3. The average molecular weight is 508 g/mol. The van der Waals surface area contributed by atoms with Gasteiger partial charge in [-0.25, -0.2) is 4.79 Å². The minimum atomic E-state index is -4.80. The molecule has 2 amide bonds. The summed E-state index contributed by atoms with van der Waals surface area (Å²) >= 11 is 11.9. The predicted molar refractivity (Wildman–Crippen MR) is 127 cm³/mol. The van der Waals surface area contributed by atoms with E-state index in [1.165, 1.54) is 12.1 Å². The fraction of sp³-hybridized carbons (Fsp3) is 0.167. The highest BCUT2D eigenvalue weighted by Gasteiger charge is 2.62. The molecule has 34 heavy (non-hydrogen) atoms. The molecule has 0 aliphatic carbocycles. The third-order valence-electron chi connectivity index (χ3n) is 5.28. The van der Waals surface area contributed by atoms with Gasteiger partial charge in [0, 0.05) is 39.0 Å². The van der Waals surface area contributed by atoms with Crippen molar-refractivity contribution in [1.82, 2.24) is 0 Å². The number of nitrogens with one attached hydrogen (secondary N) is 2. The summed E-state index contributed by atoms with van der Waals surface area (Å²) < 4.78 is 42.6. The van der Waals surface area contributed by atoms with Crippen LogP contribution in [0, 0.1) is 6.92 Å². The SMILES string of the molecule is Cc1ccc(NC(=O)Nc2cccc(C3=NOC(c4cc(Cl)cc(Cl)c4)(C(F)(F)F)C3)c2)cc1. The lowest BCUT2D eigenvalue weighted by Gasteiger charge is -2.29. The summed E-state index contributed by atoms with van der Waals surface area (Å²) in [4.78, 5) is 17.4. The zero-order chi connectivity index (χ0) is 24.5. The van der Waals surface area contributed by atoms with Crippen molar-refractivity contribution in [1.29, 1.82) is 0 Å². The largest absolute Gasteiger partial charge is 0.435 e. The van der Waals surface area contributed by atoms with Crippen LogP contribution in [0.1, 0.15) is 23.1 Å². The average Bonchev–Trinajstić information content (AvgIpc) is 3.22. The second-order valence-electron chi connectivity index (χ2n) is 7.81. The molecule has 4 rings (SSSR count).